The Bertz CT molecular complexity index is 364. The van der Waals surface area contributed by atoms with Gasteiger partial charge in [0.1, 0.15) is 5.82 Å². The number of nitrogens with one attached hydrogen (secondary N) is 2. The molecule has 15 heavy (non-hydrogen) atoms. The van der Waals surface area contributed by atoms with Crippen LogP contribution in [-0.4, -0.2) is 11.2 Å². The fourth-order valence-electron chi connectivity index (χ4n) is 1.10. The third kappa shape index (κ3) is 3.83. The van der Waals surface area contributed by atoms with Gasteiger partial charge >= 0.3 is 0 Å². The zero-order valence-corrected chi connectivity index (χ0v) is 9.91. The van der Waals surface area contributed by atoms with Gasteiger partial charge in [-0.2, -0.15) is 0 Å². The number of hydrogen-bond acceptors (Lipinski definition) is 1. The fraction of sp³-hybridized carbons (Fsp3) is 0.364. The highest BCUT2D eigenvalue weighted by molar-refractivity contribution is 7.80. The molecule has 0 radical (unpaired) electrons. The van der Waals surface area contributed by atoms with Gasteiger partial charge in [-0.3, -0.25) is 0 Å². The Morgan fingerprint density at radius 2 is 2.07 bits per heavy atom. The van der Waals surface area contributed by atoms with Gasteiger partial charge < -0.3 is 10.6 Å². The van der Waals surface area contributed by atoms with E-state index >= 15 is 0 Å². The SMILES string of the molecule is Cc1ccc(NC(=S)NC(C)C)cc1F. The standard InChI is InChI=1S/C11H15FN2S/c1-7(2)13-11(15)14-9-5-4-8(3)10(12)6-9/h4-7H,1-3H3,(H2,13,14,15). The first-order valence-corrected chi connectivity index (χ1v) is 5.23. The van der Waals surface area contributed by atoms with Crippen molar-refractivity contribution in [1.29, 1.82) is 0 Å². The molecule has 0 bridgehead atoms. The largest absolute Gasteiger partial charge is 0.360 e. The number of halogens is 1. The van der Waals surface area contributed by atoms with Crippen LogP contribution in [0.1, 0.15) is 19.4 Å². The van der Waals surface area contributed by atoms with E-state index in [1.54, 1.807) is 19.1 Å². The number of aryl methyl sites for hydroxylation is 1. The monoisotopic (exact) mass is 226 g/mol. The van der Waals surface area contributed by atoms with E-state index in [4.69, 9.17) is 12.2 Å². The molecule has 82 valence electrons. The molecule has 0 heterocycles. The lowest BCUT2D eigenvalue weighted by atomic mass is 10.2. The molecule has 2 nitrogen and oxygen atoms in total. The molecule has 0 aliphatic carbocycles. The third-order valence-electron chi connectivity index (χ3n) is 1.85. The number of rotatable bonds is 2. The highest BCUT2D eigenvalue weighted by Crippen LogP contribution is 2.13. The summed E-state index contributed by atoms with van der Waals surface area (Å²) in [7, 11) is 0. The maximum Gasteiger partial charge on any atom is 0.170 e. The van der Waals surface area contributed by atoms with Crippen LogP contribution in [0, 0.1) is 12.7 Å². The molecule has 1 aromatic rings. The van der Waals surface area contributed by atoms with Crippen molar-refractivity contribution in [2.24, 2.45) is 0 Å². The van der Waals surface area contributed by atoms with Crippen molar-refractivity contribution in [2.75, 3.05) is 5.32 Å². The van der Waals surface area contributed by atoms with Crippen LogP contribution in [0.15, 0.2) is 18.2 Å². The number of anilines is 1. The molecule has 0 fully saturated rings. The van der Waals surface area contributed by atoms with Gasteiger partial charge in [0.25, 0.3) is 0 Å². The topological polar surface area (TPSA) is 24.1 Å². The van der Waals surface area contributed by atoms with E-state index in [0.29, 0.717) is 16.4 Å². The predicted molar refractivity (Wildman–Crippen MR) is 65.6 cm³/mol. The zero-order chi connectivity index (χ0) is 11.4. The molecule has 1 rings (SSSR count). The van der Waals surface area contributed by atoms with Crippen molar-refractivity contribution in [3.8, 4) is 0 Å². The molecule has 0 aliphatic heterocycles. The lowest BCUT2D eigenvalue weighted by molar-refractivity contribution is 0.619. The van der Waals surface area contributed by atoms with E-state index in [2.05, 4.69) is 10.6 Å². The van der Waals surface area contributed by atoms with Gasteiger partial charge in [-0.05, 0) is 50.7 Å². The first-order valence-electron chi connectivity index (χ1n) is 4.82. The number of thiocarbonyl (C=S) groups is 1. The minimum absolute atomic E-state index is 0.229. The molecule has 0 amide bonds. The summed E-state index contributed by atoms with van der Waals surface area (Å²) in [5.41, 5.74) is 1.29. The average Bonchev–Trinajstić information content (AvgIpc) is 2.10. The summed E-state index contributed by atoms with van der Waals surface area (Å²) in [5.74, 6) is -0.229. The van der Waals surface area contributed by atoms with Gasteiger partial charge in [-0.15, -0.1) is 0 Å². The summed E-state index contributed by atoms with van der Waals surface area (Å²) >= 11 is 5.04. The summed E-state index contributed by atoms with van der Waals surface area (Å²) in [6.07, 6.45) is 0. The van der Waals surface area contributed by atoms with E-state index < -0.39 is 0 Å². The zero-order valence-electron chi connectivity index (χ0n) is 9.10. The van der Waals surface area contributed by atoms with Gasteiger partial charge in [-0.25, -0.2) is 4.39 Å². The van der Waals surface area contributed by atoms with Crippen LogP contribution in [0.3, 0.4) is 0 Å². The highest BCUT2D eigenvalue weighted by Gasteiger charge is 2.02. The quantitative estimate of drug-likeness (QED) is 0.758. The van der Waals surface area contributed by atoms with Crippen LogP contribution in [0.25, 0.3) is 0 Å². The smallest absolute Gasteiger partial charge is 0.170 e. The van der Waals surface area contributed by atoms with Gasteiger partial charge in [-0.1, -0.05) is 6.07 Å². The molecule has 0 atom stereocenters. The van der Waals surface area contributed by atoms with Gasteiger partial charge in [0.05, 0.1) is 0 Å². The Hall–Kier alpha value is -1.16. The number of benzene rings is 1. The fourth-order valence-corrected chi connectivity index (χ4v) is 1.45. The van der Waals surface area contributed by atoms with E-state index in [1.807, 2.05) is 13.8 Å². The third-order valence-corrected chi connectivity index (χ3v) is 2.07. The lowest BCUT2D eigenvalue weighted by Gasteiger charge is -2.13. The van der Waals surface area contributed by atoms with Crippen molar-refractivity contribution < 1.29 is 4.39 Å². The molecule has 0 saturated carbocycles. The van der Waals surface area contributed by atoms with Crippen molar-refractivity contribution >= 4 is 23.0 Å². The molecule has 0 spiro atoms. The minimum Gasteiger partial charge on any atom is -0.360 e. The van der Waals surface area contributed by atoms with Crippen LogP contribution in [0.4, 0.5) is 10.1 Å². The Morgan fingerprint density at radius 1 is 1.40 bits per heavy atom. The molecule has 0 aromatic heterocycles. The Balaban J connectivity index is 2.65. The molecule has 0 unspecified atom stereocenters. The summed E-state index contributed by atoms with van der Waals surface area (Å²) in [4.78, 5) is 0. The van der Waals surface area contributed by atoms with Crippen molar-refractivity contribution in [1.82, 2.24) is 5.32 Å². The van der Waals surface area contributed by atoms with Gasteiger partial charge in [0.2, 0.25) is 0 Å². The van der Waals surface area contributed by atoms with Crippen LogP contribution >= 0.6 is 12.2 Å². The summed E-state index contributed by atoms with van der Waals surface area (Å²) in [6.45, 7) is 5.71. The second-order valence-corrected chi connectivity index (χ2v) is 4.13. The lowest BCUT2D eigenvalue weighted by Crippen LogP contribution is -2.33. The van der Waals surface area contributed by atoms with Crippen LogP contribution in [-0.2, 0) is 0 Å². The number of hydrogen-bond donors (Lipinski definition) is 2. The molecular weight excluding hydrogens is 211 g/mol. The second-order valence-electron chi connectivity index (χ2n) is 3.72. The Labute approximate surface area is 94.9 Å². The van der Waals surface area contributed by atoms with Crippen molar-refractivity contribution in [3.63, 3.8) is 0 Å². The van der Waals surface area contributed by atoms with E-state index in [0.717, 1.165) is 0 Å². The first-order chi connectivity index (χ1) is 6.99. The van der Waals surface area contributed by atoms with E-state index in [9.17, 15) is 4.39 Å². The Kier molecular flexibility index (Phi) is 4.03. The normalized spacial score (nSPS) is 10.2. The van der Waals surface area contributed by atoms with Crippen molar-refractivity contribution in [2.45, 2.75) is 26.8 Å². The van der Waals surface area contributed by atoms with Gasteiger partial charge in [0.15, 0.2) is 5.11 Å². The minimum atomic E-state index is -0.229. The Morgan fingerprint density at radius 3 is 2.60 bits per heavy atom. The average molecular weight is 226 g/mol. The molecule has 4 heteroatoms. The summed E-state index contributed by atoms with van der Waals surface area (Å²) in [5, 5.41) is 6.45. The molecule has 0 saturated heterocycles. The van der Waals surface area contributed by atoms with Crippen molar-refractivity contribution in [3.05, 3.63) is 29.6 Å². The molecule has 0 aliphatic rings. The first kappa shape index (κ1) is 11.9. The van der Waals surface area contributed by atoms with Crippen LogP contribution in [0.2, 0.25) is 0 Å². The van der Waals surface area contributed by atoms with E-state index in [1.165, 1.54) is 6.07 Å². The summed E-state index contributed by atoms with van der Waals surface area (Å²) in [6, 6.07) is 5.21. The second kappa shape index (κ2) is 5.07. The predicted octanol–water partition coefficient (Wildman–Crippen LogP) is 2.83. The molecule has 2 N–H and O–H groups in total. The van der Waals surface area contributed by atoms with Gasteiger partial charge in [0, 0.05) is 11.7 Å². The summed E-state index contributed by atoms with van der Waals surface area (Å²) < 4.78 is 13.2. The van der Waals surface area contributed by atoms with E-state index in [-0.39, 0.29) is 11.9 Å². The molecular formula is C11H15FN2S. The maximum atomic E-state index is 13.2. The highest BCUT2D eigenvalue weighted by atomic mass is 32.1. The van der Waals surface area contributed by atoms with Crippen LogP contribution in [0.5, 0.6) is 0 Å². The van der Waals surface area contributed by atoms with Crippen LogP contribution < -0.4 is 10.6 Å². The maximum absolute atomic E-state index is 13.2. The molecule has 1 aromatic carbocycles.